The van der Waals surface area contributed by atoms with Gasteiger partial charge in [-0.15, -0.1) is 0 Å². The lowest BCUT2D eigenvalue weighted by Crippen LogP contribution is -2.33. The van der Waals surface area contributed by atoms with E-state index >= 15 is 0 Å². The fourth-order valence-electron chi connectivity index (χ4n) is 4.81. The van der Waals surface area contributed by atoms with Gasteiger partial charge in [0.25, 0.3) is 0 Å². The number of hydrogen-bond donors (Lipinski definition) is 0. The van der Waals surface area contributed by atoms with Crippen molar-refractivity contribution in [1.29, 1.82) is 0 Å². The maximum absolute atomic E-state index is 5.98. The highest BCUT2D eigenvalue weighted by atomic mass is 16.5. The van der Waals surface area contributed by atoms with Gasteiger partial charge < -0.3 is 9.64 Å². The van der Waals surface area contributed by atoms with Crippen molar-refractivity contribution in [2.45, 2.75) is 32.2 Å². The summed E-state index contributed by atoms with van der Waals surface area (Å²) in [6.45, 7) is 6.50. The quantitative estimate of drug-likeness (QED) is 0.631. The van der Waals surface area contributed by atoms with Gasteiger partial charge in [0.05, 0.1) is 24.4 Å². The van der Waals surface area contributed by atoms with Crippen molar-refractivity contribution in [3.8, 4) is 0 Å². The fraction of sp³-hybridized carbons (Fsp3) is 0.480. The topological polar surface area (TPSA) is 54.4 Å². The number of aromatic nitrogens is 3. The third-order valence-electron chi connectivity index (χ3n) is 6.37. The van der Waals surface area contributed by atoms with Gasteiger partial charge in [-0.25, -0.2) is 9.97 Å². The van der Waals surface area contributed by atoms with Gasteiger partial charge in [0, 0.05) is 50.5 Å². The predicted molar refractivity (Wildman–Crippen MR) is 123 cm³/mol. The van der Waals surface area contributed by atoms with Gasteiger partial charge >= 0.3 is 0 Å². The smallest absolute Gasteiger partial charge is 0.225 e. The minimum absolute atomic E-state index is 0.443. The number of benzene rings is 1. The molecular formula is C25H31N5O. The molecule has 4 heterocycles. The van der Waals surface area contributed by atoms with E-state index in [1.165, 1.54) is 30.2 Å². The fourth-order valence-corrected chi connectivity index (χ4v) is 4.81. The summed E-state index contributed by atoms with van der Waals surface area (Å²) in [5.41, 5.74) is 3.52. The first-order valence-corrected chi connectivity index (χ1v) is 11.5. The number of pyridine rings is 1. The molecule has 2 aliphatic rings. The number of hydrogen-bond acceptors (Lipinski definition) is 6. The van der Waals surface area contributed by atoms with Crippen molar-refractivity contribution in [3.63, 3.8) is 0 Å². The standard InChI is InChI=1S/C25H31N5O/c1-2-12-30(13-3-1)25-27-11-9-23(28-25)18-29-14-15-31-19-20(17-29)16-22-7-4-6-21-8-5-10-26-24(21)22/h4-11,20H,1-3,12-19H2/t20-/m0/s1. The zero-order valence-corrected chi connectivity index (χ0v) is 18.1. The van der Waals surface area contributed by atoms with E-state index in [-0.39, 0.29) is 0 Å². The van der Waals surface area contributed by atoms with Crippen molar-refractivity contribution in [2.24, 2.45) is 5.92 Å². The number of rotatable bonds is 5. The van der Waals surface area contributed by atoms with Crippen molar-refractivity contribution in [3.05, 3.63) is 60.0 Å². The molecule has 0 unspecified atom stereocenters. The normalized spacial score (nSPS) is 20.6. The molecule has 6 nitrogen and oxygen atoms in total. The van der Waals surface area contributed by atoms with Crippen LogP contribution in [-0.2, 0) is 17.7 Å². The van der Waals surface area contributed by atoms with Gasteiger partial charge in [-0.1, -0.05) is 24.3 Å². The number of para-hydroxylation sites is 1. The van der Waals surface area contributed by atoms with Crippen LogP contribution in [0.5, 0.6) is 0 Å². The van der Waals surface area contributed by atoms with Gasteiger partial charge in [0.2, 0.25) is 5.95 Å². The van der Waals surface area contributed by atoms with E-state index in [2.05, 4.69) is 50.1 Å². The molecule has 5 rings (SSSR count). The molecule has 0 bridgehead atoms. The van der Waals surface area contributed by atoms with Gasteiger partial charge in [0.1, 0.15) is 0 Å². The lowest BCUT2D eigenvalue weighted by Gasteiger charge is -2.27. The van der Waals surface area contributed by atoms with E-state index in [1.54, 1.807) is 0 Å². The molecule has 0 spiro atoms. The van der Waals surface area contributed by atoms with E-state index in [0.717, 1.165) is 69.5 Å². The SMILES string of the molecule is c1cnc2c(C[C@@H]3COCCN(Cc4ccnc(N5CCCCC5)n4)C3)cccc2c1. The molecule has 0 radical (unpaired) electrons. The first-order chi connectivity index (χ1) is 15.3. The molecule has 2 aromatic heterocycles. The molecule has 6 heteroatoms. The Balaban J connectivity index is 1.27. The number of nitrogens with zero attached hydrogens (tertiary/aromatic N) is 5. The molecule has 0 aliphatic carbocycles. The van der Waals surface area contributed by atoms with Crippen LogP contribution in [0.4, 0.5) is 5.95 Å². The molecule has 1 atom stereocenters. The van der Waals surface area contributed by atoms with Crippen LogP contribution in [0.2, 0.25) is 0 Å². The Labute approximate surface area is 184 Å². The lowest BCUT2D eigenvalue weighted by molar-refractivity contribution is 0.122. The molecule has 0 amide bonds. The maximum Gasteiger partial charge on any atom is 0.225 e. The van der Waals surface area contributed by atoms with Crippen LogP contribution in [0.1, 0.15) is 30.5 Å². The van der Waals surface area contributed by atoms with E-state index < -0.39 is 0 Å². The largest absolute Gasteiger partial charge is 0.380 e. The second-order valence-electron chi connectivity index (χ2n) is 8.77. The second kappa shape index (κ2) is 9.71. The van der Waals surface area contributed by atoms with E-state index in [0.29, 0.717) is 5.92 Å². The van der Waals surface area contributed by atoms with E-state index in [4.69, 9.17) is 9.72 Å². The molecule has 1 aromatic carbocycles. The molecule has 31 heavy (non-hydrogen) atoms. The third-order valence-corrected chi connectivity index (χ3v) is 6.37. The van der Waals surface area contributed by atoms with Crippen LogP contribution in [0.3, 0.4) is 0 Å². The number of anilines is 1. The summed E-state index contributed by atoms with van der Waals surface area (Å²) in [5.74, 6) is 1.33. The molecule has 2 fully saturated rings. The van der Waals surface area contributed by atoms with Crippen LogP contribution >= 0.6 is 0 Å². The molecule has 162 valence electrons. The summed E-state index contributed by atoms with van der Waals surface area (Å²) in [6, 6.07) is 12.7. The van der Waals surface area contributed by atoms with Crippen LogP contribution in [0, 0.1) is 5.92 Å². The Kier molecular flexibility index (Phi) is 6.37. The molecule has 2 aliphatic heterocycles. The van der Waals surface area contributed by atoms with Crippen molar-refractivity contribution in [2.75, 3.05) is 44.3 Å². The van der Waals surface area contributed by atoms with Crippen LogP contribution in [0.15, 0.2) is 48.8 Å². The second-order valence-corrected chi connectivity index (χ2v) is 8.77. The van der Waals surface area contributed by atoms with Gasteiger partial charge in [-0.3, -0.25) is 9.88 Å². The number of ether oxygens (including phenoxy) is 1. The van der Waals surface area contributed by atoms with Crippen molar-refractivity contribution < 1.29 is 4.74 Å². The predicted octanol–water partition coefficient (Wildman–Crippen LogP) is 3.71. The van der Waals surface area contributed by atoms with Crippen molar-refractivity contribution in [1.82, 2.24) is 19.9 Å². The Bertz CT molecular complexity index is 999. The first kappa shape index (κ1) is 20.3. The summed E-state index contributed by atoms with van der Waals surface area (Å²) in [4.78, 5) is 18.9. The molecule has 0 N–H and O–H groups in total. The van der Waals surface area contributed by atoms with E-state index in [1.807, 2.05) is 18.5 Å². The lowest BCUT2D eigenvalue weighted by atomic mass is 9.97. The van der Waals surface area contributed by atoms with Crippen molar-refractivity contribution >= 4 is 16.9 Å². The molecule has 3 aromatic rings. The minimum Gasteiger partial charge on any atom is -0.380 e. The van der Waals surface area contributed by atoms with Gasteiger partial charge in [-0.05, 0) is 49.3 Å². The number of piperidine rings is 1. The average molecular weight is 418 g/mol. The highest BCUT2D eigenvalue weighted by molar-refractivity contribution is 5.81. The van der Waals surface area contributed by atoms with Gasteiger partial charge in [0.15, 0.2) is 0 Å². The van der Waals surface area contributed by atoms with Crippen LogP contribution < -0.4 is 4.90 Å². The highest BCUT2D eigenvalue weighted by Gasteiger charge is 2.21. The zero-order valence-electron chi connectivity index (χ0n) is 18.1. The molecule has 0 saturated carbocycles. The average Bonchev–Trinajstić information content (AvgIpc) is 3.05. The van der Waals surface area contributed by atoms with E-state index in [9.17, 15) is 0 Å². The molecule has 2 saturated heterocycles. The maximum atomic E-state index is 5.98. The Hall–Kier alpha value is -2.57. The Morgan fingerprint density at radius 3 is 2.77 bits per heavy atom. The monoisotopic (exact) mass is 417 g/mol. The summed E-state index contributed by atoms with van der Waals surface area (Å²) in [7, 11) is 0. The highest BCUT2D eigenvalue weighted by Crippen LogP contribution is 2.22. The molecular weight excluding hydrogens is 386 g/mol. The summed E-state index contributed by atoms with van der Waals surface area (Å²) in [5, 5.41) is 1.21. The first-order valence-electron chi connectivity index (χ1n) is 11.5. The minimum atomic E-state index is 0.443. The summed E-state index contributed by atoms with van der Waals surface area (Å²) >= 11 is 0. The van der Waals surface area contributed by atoms with Gasteiger partial charge in [-0.2, -0.15) is 0 Å². The Morgan fingerprint density at radius 1 is 0.935 bits per heavy atom. The van der Waals surface area contributed by atoms with Crippen LogP contribution in [-0.4, -0.2) is 59.2 Å². The number of fused-ring (bicyclic) bond motifs is 1. The summed E-state index contributed by atoms with van der Waals surface area (Å²) < 4.78 is 5.98. The Morgan fingerprint density at radius 2 is 1.84 bits per heavy atom. The third kappa shape index (κ3) is 5.02. The summed E-state index contributed by atoms with van der Waals surface area (Å²) in [6.07, 6.45) is 8.57. The zero-order chi connectivity index (χ0) is 20.9. The van der Waals surface area contributed by atoms with Crippen LogP contribution in [0.25, 0.3) is 10.9 Å².